The number of nitrogens with one attached hydrogen (secondary N) is 2. The van der Waals surface area contributed by atoms with Gasteiger partial charge in [-0.15, -0.1) is 11.3 Å². The van der Waals surface area contributed by atoms with Crippen LogP contribution in [0.2, 0.25) is 5.02 Å². The van der Waals surface area contributed by atoms with E-state index < -0.39 is 17.8 Å². The lowest BCUT2D eigenvalue weighted by Gasteiger charge is -2.05. The number of ketones is 1. The number of aromatic nitrogens is 1. The van der Waals surface area contributed by atoms with Crippen molar-refractivity contribution in [2.24, 2.45) is 0 Å². The Bertz CT molecular complexity index is 747. The average molecular weight is 354 g/mol. The van der Waals surface area contributed by atoms with Gasteiger partial charge in [-0.05, 0) is 25.1 Å². The number of nitrogens with zero attached hydrogens (tertiary/aromatic N) is 1. The van der Waals surface area contributed by atoms with Crippen LogP contribution >= 0.6 is 22.9 Å². The van der Waals surface area contributed by atoms with Crippen LogP contribution in [-0.2, 0) is 9.53 Å². The van der Waals surface area contributed by atoms with Gasteiger partial charge < -0.3 is 10.1 Å². The van der Waals surface area contributed by atoms with Crippen LogP contribution in [0, 0.1) is 0 Å². The molecule has 2 aromatic rings. The summed E-state index contributed by atoms with van der Waals surface area (Å²) in [5.74, 6) is -1.83. The van der Waals surface area contributed by atoms with Crippen molar-refractivity contribution in [2.45, 2.75) is 6.92 Å². The van der Waals surface area contributed by atoms with E-state index >= 15 is 0 Å². The first-order valence-corrected chi connectivity index (χ1v) is 7.76. The molecule has 9 heteroatoms. The summed E-state index contributed by atoms with van der Waals surface area (Å²) in [5, 5.41) is 7.07. The molecule has 2 N–H and O–H groups in total. The minimum Gasteiger partial charge on any atom is -0.460 e. The quantitative estimate of drug-likeness (QED) is 0.488. The number of rotatable bonds is 5. The normalized spacial score (nSPS) is 10.0. The molecule has 0 radical (unpaired) electrons. The van der Waals surface area contributed by atoms with Gasteiger partial charge in [-0.1, -0.05) is 17.7 Å². The maximum absolute atomic E-state index is 11.8. The highest BCUT2D eigenvalue weighted by atomic mass is 35.5. The van der Waals surface area contributed by atoms with E-state index in [1.54, 1.807) is 31.2 Å². The summed E-state index contributed by atoms with van der Waals surface area (Å²) in [7, 11) is 0. The molecule has 7 nitrogen and oxygen atoms in total. The second-order valence-electron chi connectivity index (χ2n) is 4.18. The predicted octanol–water partition coefficient (Wildman–Crippen LogP) is 3.19. The fourth-order valence-corrected chi connectivity index (χ4v) is 2.44. The molecule has 0 saturated carbocycles. The molecule has 120 valence electrons. The van der Waals surface area contributed by atoms with Crippen LogP contribution in [-0.4, -0.2) is 29.4 Å². The van der Waals surface area contributed by atoms with Gasteiger partial charge in [-0.2, -0.15) is 0 Å². The third kappa shape index (κ3) is 4.76. The van der Waals surface area contributed by atoms with Gasteiger partial charge in [0, 0.05) is 16.1 Å². The molecular weight excluding hydrogens is 342 g/mol. The van der Waals surface area contributed by atoms with Crippen molar-refractivity contribution < 1.29 is 19.1 Å². The Balaban J connectivity index is 1.97. The summed E-state index contributed by atoms with van der Waals surface area (Å²) in [6.45, 7) is 1.70. The van der Waals surface area contributed by atoms with Crippen LogP contribution in [0.3, 0.4) is 0 Å². The molecule has 23 heavy (non-hydrogen) atoms. The van der Waals surface area contributed by atoms with E-state index in [1.807, 2.05) is 0 Å². The van der Waals surface area contributed by atoms with Crippen molar-refractivity contribution in [1.82, 2.24) is 4.98 Å². The maximum atomic E-state index is 11.8. The highest BCUT2D eigenvalue weighted by molar-refractivity contribution is 7.14. The average Bonchev–Trinajstić information content (AvgIpc) is 2.95. The van der Waals surface area contributed by atoms with Crippen molar-refractivity contribution in [1.29, 1.82) is 0 Å². The number of ether oxygens (including phenoxy) is 1. The van der Waals surface area contributed by atoms with E-state index in [2.05, 4.69) is 20.4 Å². The van der Waals surface area contributed by atoms with Gasteiger partial charge in [-0.25, -0.2) is 14.6 Å². The first-order valence-electron chi connectivity index (χ1n) is 6.50. The molecule has 0 aliphatic rings. The Kier molecular flexibility index (Phi) is 5.67. The number of benzene rings is 1. The molecule has 0 fully saturated rings. The summed E-state index contributed by atoms with van der Waals surface area (Å²) >= 11 is 6.84. The standard InChI is InChI=1S/C14H12ClN3O4S/c1-2-22-12(20)11(19)10-7-23-14(17-10)18-13(21)16-9-5-3-4-8(15)6-9/h3-7H,2H2,1H3,(H2,16,17,18,21). The van der Waals surface area contributed by atoms with Gasteiger partial charge in [0.15, 0.2) is 5.13 Å². The van der Waals surface area contributed by atoms with Crippen molar-refractivity contribution >= 4 is 51.5 Å². The van der Waals surface area contributed by atoms with Gasteiger partial charge in [0.25, 0.3) is 5.78 Å². The van der Waals surface area contributed by atoms with Crippen LogP contribution in [0.25, 0.3) is 0 Å². The SMILES string of the molecule is CCOC(=O)C(=O)c1csc(NC(=O)Nc2cccc(Cl)c2)n1. The van der Waals surface area contributed by atoms with Crippen LogP contribution in [0.4, 0.5) is 15.6 Å². The van der Waals surface area contributed by atoms with Crippen molar-refractivity contribution in [3.8, 4) is 0 Å². The Morgan fingerprint density at radius 1 is 1.30 bits per heavy atom. The number of carbonyl (C=O) groups excluding carboxylic acids is 3. The van der Waals surface area contributed by atoms with Gasteiger partial charge in [0.05, 0.1) is 6.61 Å². The smallest absolute Gasteiger partial charge is 0.381 e. The number of halogens is 1. The van der Waals surface area contributed by atoms with Gasteiger partial charge in [0.1, 0.15) is 5.69 Å². The molecule has 1 aromatic heterocycles. The Hall–Kier alpha value is -2.45. The predicted molar refractivity (Wildman–Crippen MR) is 87.2 cm³/mol. The number of esters is 1. The number of thiazole rings is 1. The third-order valence-corrected chi connectivity index (χ3v) is 3.49. The molecule has 1 heterocycles. The number of urea groups is 1. The first-order chi connectivity index (χ1) is 11.0. The Morgan fingerprint density at radius 2 is 2.09 bits per heavy atom. The fraction of sp³-hybridized carbons (Fsp3) is 0.143. The lowest BCUT2D eigenvalue weighted by Crippen LogP contribution is -2.20. The van der Waals surface area contributed by atoms with E-state index in [0.717, 1.165) is 11.3 Å². The second kappa shape index (κ2) is 7.70. The molecule has 2 rings (SSSR count). The van der Waals surface area contributed by atoms with Crippen LogP contribution < -0.4 is 10.6 Å². The van der Waals surface area contributed by atoms with E-state index in [9.17, 15) is 14.4 Å². The van der Waals surface area contributed by atoms with Gasteiger partial charge >= 0.3 is 12.0 Å². The van der Waals surface area contributed by atoms with Crippen LogP contribution in [0.5, 0.6) is 0 Å². The van der Waals surface area contributed by atoms with E-state index in [4.69, 9.17) is 11.6 Å². The minimum atomic E-state index is -0.979. The zero-order chi connectivity index (χ0) is 16.8. The molecule has 0 bridgehead atoms. The third-order valence-electron chi connectivity index (χ3n) is 2.50. The van der Waals surface area contributed by atoms with Crippen molar-refractivity contribution in [2.75, 3.05) is 17.2 Å². The monoisotopic (exact) mass is 353 g/mol. The summed E-state index contributed by atoms with van der Waals surface area (Å²) in [5.41, 5.74) is 0.431. The molecule has 0 unspecified atom stereocenters. The number of hydrogen-bond donors (Lipinski definition) is 2. The summed E-state index contributed by atoms with van der Waals surface area (Å²) in [4.78, 5) is 38.7. The first kappa shape index (κ1) is 16.9. The molecule has 2 amide bonds. The number of amides is 2. The minimum absolute atomic E-state index is 0.0773. The van der Waals surface area contributed by atoms with Gasteiger partial charge in [-0.3, -0.25) is 10.1 Å². The largest absolute Gasteiger partial charge is 0.460 e. The molecule has 0 spiro atoms. The van der Waals surface area contributed by atoms with E-state index in [-0.39, 0.29) is 17.4 Å². The van der Waals surface area contributed by atoms with Crippen LogP contribution in [0.15, 0.2) is 29.6 Å². The Labute approximate surface area is 140 Å². The zero-order valence-corrected chi connectivity index (χ0v) is 13.5. The summed E-state index contributed by atoms with van der Waals surface area (Å²) in [6, 6.07) is 6.08. The van der Waals surface area contributed by atoms with Crippen molar-refractivity contribution in [3.05, 3.63) is 40.4 Å². The van der Waals surface area contributed by atoms with E-state index in [1.165, 1.54) is 5.38 Å². The topological polar surface area (TPSA) is 97.4 Å². The Morgan fingerprint density at radius 3 is 2.78 bits per heavy atom. The number of carbonyl (C=O) groups is 3. The van der Waals surface area contributed by atoms with Gasteiger partial charge in [0.2, 0.25) is 0 Å². The number of hydrogen-bond acceptors (Lipinski definition) is 6. The highest BCUT2D eigenvalue weighted by Crippen LogP contribution is 2.18. The lowest BCUT2D eigenvalue weighted by atomic mass is 10.3. The summed E-state index contributed by atoms with van der Waals surface area (Å²) < 4.78 is 4.60. The zero-order valence-electron chi connectivity index (χ0n) is 12.0. The summed E-state index contributed by atoms with van der Waals surface area (Å²) in [6.07, 6.45) is 0. The molecule has 1 aromatic carbocycles. The van der Waals surface area contributed by atoms with E-state index in [0.29, 0.717) is 10.7 Å². The number of Topliss-reactive ketones (excluding diaryl/α,β-unsaturated/α-hetero) is 1. The highest BCUT2D eigenvalue weighted by Gasteiger charge is 2.21. The molecule has 0 atom stereocenters. The fourth-order valence-electron chi connectivity index (χ4n) is 1.56. The number of anilines is 2. The lowest BCUT2D eigenvalue weighted by molar-refractivity contribution is -0.137. The second-order valence-corrected chi connectivity index (χ2v) is 5.47. The van der Waals surface area contributed by atoms with Crippen molar-refractivity contribution in [3.63, 3.8) is 0 Å². The maximum Gasteiger partial charge on any atom is 0.381 e. The van der Waals surface area contributed by atoms with Crippen LogP contribution in [0.1, 0.15) is 17.4 Å². The molecule has 0 aliphatic heterocycles. The molecular formula is C14H12ClN3O4S. The molecule has 0 saturated heterocycles. The molecule has 0 aliphatic carbocycles.